The highest BCUT2D eigenvalue weighted by Crippen LogP contribution is 2.29. The number of nitrogens with zero attached hydrogens (tertiary/aromatic N) is 3. The van der Waals surface area contributed by atoms with Gasteiger partial charge in [-0.05, 0) is 36.4 Å². The van der Waals surface area contributed by atoms with Crippen LogP contribution in [0.3, 0.4) is 0 Å². The first-order valence-corrected chi connectivity index (χ1v) is 8.64. The second-order valence-corrected chi connectivity index (χ2v) is 5.92. The lowest BCUT2D eigenvalue weighted by Gasteiger charge is -2.12. The summed E-state index contributed by atoms with van der Waals surface area (Å²) in [6.45, 7) is -0.288. The van der Waals surface area contributed by atoms with Gasteiger partial charge in [-0.2, -0.15) is 10.1 Å². The van der Waals surface area contributed by atoms with Gasteiger partial charge in [0.05, 0.1) is 38.9 Å². The van der Waals surface area contributed by atoms with Crippen LogP contribution >= 0.6 is 0 Å². The minimum absolute atomic E-state index is 0.288. The van der Waals surface area contributed by atoms with Crippen LogP contribution in [0.2, 0.25) is 0 Å². The van der Waals surface area contributed by atoms with Crippen molar-refractivity contribution in [1.82, 2.24) is 14.8 Å². The van der Waals surface area contributed by atoms with Gasteiger partial charge in [0.25, 0.3) is 0 Å². The summed E-state index contributed by atoms with van der Waals surface area (Å²) < 4.78 is 16.5. The van der Waals surface area contributed by atoms with Gasteiger partial charge in [-0.1, -0.05) is 0 Å². The van der Waals surface area contributed by atoms with Crippen LogP contribution in [0, 0.1) is 0 Å². The van der Waals surface area contributed by atoms with Gasteiger partial charge in [-0.15, -0.1) is 0 Å². The number of hydrogen-bond acceptors (Lipinski definition) is 7. The number of rotatable bonds is 7. The molecule has 0 unspecified atom stereocenters. The van der Waals surface area contributed by atoms with Crippen LogP contribution in [-0.4, -0.2) is 42.0 Å². The molecule has 0 bridgehead atoms. The molecule has 9 heteroatoms. The Morgan fingerprint density at radius 2 is 1.69 bits per heavy atom. The quantitative estimate of drug-likeness (QED) is 0.651. The fraction of sp³-hybridized carbons (Fsp3) is 0.200. The third-order valence-corrected chi connectivity index (χ3v) is 4.12. The number of carbonyl (C=O) groups is 1. The largest absolute Gasteiger partial charge is 0.497 e. The Bertz CT molecular complexity index is 1060. The first-order valence-electron chi connectivity index (χ1n) is 8.64. The van der Waals surface area contributed by atoms with E-state index in [2.05, 4.69) is 15.4 Å². The molecule has 29 heavy (non-hydrogen) atoms. The Kier molecular flexibility index (Phi) is 6.08. The lowest BCUT2D eigenvalue weighted by Crippen LogP contribution is -2.31. The highest BCUT2D eigenvalue weighted by Gasteiger charge is 2.12. The summed E-state index contributed by atoms with van der Waals surface area (Å²) in [6, 6.07) is 12.1. The average molecular weight is 396 g/mol. The molecule has 0 aliphatic rings. The van der Waals surface area contributed by atoms with Crippen molar-refractivity contribution in [2.75, 3.05) is 26.6 Å². The van der Waals surface area contributed by atoms with Crippen molar-refractivity contribution in [2.45, 2.75) is 6.54 Å². The maximum absolute atomic E-state index is 12.3. The number of aromatic nitrogens is 3. The van der Waals surface area contributed by atoms with E-state index in [0.717, 1.165) is 10.2 Å². The summed E-state index contributed by atoms with van der Waals surface area (Å²) in [4.78, 5) is 28.6. The highest BCUT2D eigenvalue weighted by atomic mass is 16.5. The SMILES string of the molecule is COc1ccc(-c2cnn(CC(=O)Nc3ccc(OC)cc3OC)c(=O)n2)cc1. The standard InChI is InChI=1S/C20H20N4O5/c1-27-14-6-4-13(5-7-14)17-11-21-24(20(26)23-17)12-19(25)22-16-9-8-15(28-2)10-18(16)29-3/h4-11H,12H2,1-3H3,(H,22,25). The van der Waals surface area contributed by atoms with Gasteiger partial charge in [0.15, 0.2) is 0 Å². The number of amides is 1. The zero-order valence-electron chi connectivity index (χ0n) is 16.2. The summed E-state index contributed by atoms with van der Waals surface area (Å²) >= 11 is 0. The zero-order valence-corrected chi connectivity index (χ0v) is 16.2. The van der Waals surface area contributed by atoms with Crippen LogP contribution in [0.5, 0.6) is 17.2 Å². The minimum atomic E-state index is -0.629. The molecule has 1 amide bonds. The van der Waals surface area contributed by atoms with E-state index < -0.39 is 11.6 Å². The molecule has 0 radical (unpaired) electrons. The molecule has 1 heterocycles. The highest BCUT2D eigenvalue weighted by molar-refractivity contribution is 5.92. The zero-order chi connectivity index (χ0) is 20.8. The van der Waals surface area contributed by atoms with Gasteiger partial charge < -0.3 is 19.5 Å². The van der Waals surface area contributed by atoms with E-state index in [1.54, 1.807) is 49.6 Å². The number of hydrogen-bond donors (Lipinski definition) is 1. The topological polar surface area (TPSA) is 105 Å². The summed E-state index contributed by atoms with van der Waals surface area (Å²) in [7, 11) is 4.59. The van der Waals surface area contributed by atoms with Crippen molar-refractivity contribution in [3.05, 3.63) is 59.1 Å². The Morgan fingerprint density at radius 3 is 2.31 bits per heavy atom. The number of methoxy groups -OCH3 is 3. The Morgan fingerprint density at radius 1 is 1.00 bits per heavy atom. The third-order valence-electron chi connectivity index (χ3n) is 4.12. The van der Waals surface area contributed by atoms with E-state index in [4.69, 9.17) is 14.2 Å². The molecule has 150 valence electrons. The maximum Gasteiger partial charge on any atom is 0.365 e. The van der Waals surface area contributed by atoms with E-state index >= 15 is 0 Å². The molecule has 0 spiro atoms. The number of benzene rings is 2. The van der Waals surface area contributed by atoms with Crippen molar-refractivity contribution >= 4 is 11.6 Å². The van der Waals surface area contributed by atoms with Crippen LogP contribution in [0.15, 0.2) is 53.5 Å². The molecule has 9 nitrogen and oxygen atoms in total. The molecule has 1 N–H and O–H groups in total. The van der Waals surface area contributed by atoms with Gasteiger partial charge in [0, 0.05) is 11.6 Å². The number of nitrogens with one attached hydrogen (secondary N) is 1. The van der Waals surface area contributed by atoms with Gasteiger partial charge in [0.2, 0.25) is 5.91 Å². The molecule has 2 aromatic carbocycles. The number of anilines is 1. The van der Waals surface area contributed by atoms with Crippen LogP contribution in [0.25, 0.3) is 11.3 Å². The summed E-state index contributed by atoms with van der Waals surface area (Å²) in [5.74, 6) is 1.28. The monoisotopic (exact) mass is 396 g/mol. The van der Waals surface area contributed by atoms with E-state index in [0.29, 0.717) is 28.6 Å². The van der Waals surface area contributed by atoms with Gasteiger partial charge in [0.1, 0.15) is 23.8 Å². The second-order valence-electron chi connectivity index (χ2n) is 5.92. The van der Waals surface area contributed by atoms with Crippen molar-refractivity contribution in [3.63, 3.8) is 0 Å². The lowest BCUT2D eigenvalue weighted by molar-refractivity contribution is -0.117. The fourth-order valence-corrected chi connectivity index (χ4v) is 2.60. The molecule has 0 aliphatic carbocycles. The fourth-order valence-electron chi connectivity index (χ4n) is 2.60. The Labute approximate surface area is 166 Å². The second kappa shape index (κ2) is 8.87. The lowest BCUT2D eigenvalue weighted by atomic mass is 10.1. The van der Waals surface area contributed by atoms with Crippen LogP contribution in [-0.2, 0) is 11.3 Å². The molecule has 0 aliphatic heterocycles. The average Bonchev–Trinajstić information content (AvgIpc) is 2.75. The molecule has 3 rings (SSSR count). The molecule has 3 aromatic rings. The predicted molar refractivity (Wildman–Crippen MR) is 106 cm³/mol. The molecule has 0 atom stereocenters. The van der Waals surface area contributed by atoms with Crippen LogP contribution in [0.4, 0.5) is 5.69 Å². The number of carbonyl (C=O) groups excluding carboxylic acids is 1. The van der Waals surface area contributed by atoms with Crippen molar-refractivity contribution < 1.29 is 19.0 Å². The Hall–Kier alpha value is -3.88. The summed E-state index contributed by atoms with van der Waals surface area (Å²) in [5.41, 5.74) is 0.949. The summed E-state index contributed by atoms with van der Waals surface area (Å²) in [6.07, 6.45) is 1.43. The van der Waals surface area contributed by atoms with E-state index in [9.17, 15) is 9.59 Å². The smallest absolute Gasteiger partial charge is 0.365 e. The number of ether oxygens (including phenoxy) is 3. The molecule has 0 saturated heterocycles. The van der Waals surface area contributed by atoms with Crippen molar-refractivity contribution in [1.29, 1.82) is 0 Å². The van der Waals surface area contributed by atoms with Crippen LogP contribution < -0.4 is 25.2 Å². The summed E-state index contributed by atoms with van der Waals surface area (Å²) in [5, 5.41) is 6.73. The molecule has 0 fully saturated rings. The Balaban J connectivity index is 1.73. The first-order chi connectivity index (χ1) is 14.0. The molecule has 1 aromatic heterocycles. The molecular weight excluding hydrogens is 376 g/mol. The molecule has 0 saturated carbocycles. The minimum Gasteiger partial charge on any atom is -0.497 e. The van der Waals surface area contributed by atoms with Gasteiger partial charge >= 0.3 is 5.69 Å². The van der Waals surface area contributed by atoms with Gasteiger partial charge in [-0.25, -0.2) is 9.48 Å². The third kappa shape index (κ3) is 4.70. The maximum atomic E-state index is 12.3. The normalized spacial score (nSPS) is 10.3. The van der Waals surface area contributed by atoms with Gasteiger partial charge in [-0.3, -0.25) is 4.79 Å². The predicted octanol–water partition coefficient (Wildman–Crippen LogP) is 1.97. The van der Waals surface area contributed by atoms with Crippen LogP contribution in [0.1, 0.15) is 0 Å². The van der Waals surface area contributed by atoms with E-state index in [1.807, 2.05) is 0 Å². The van der Waals surface area contributed by atoms with E-state index in [1.165, 1.54) is 20.4 Å². The van der Waals surface area contributed by atoms with Crippen molar-refractivity contribution in [2.24, 2.45) is 0 Å². The molecular formula is C20H20N4O5. The van der Waals surface area contributed by atoms with E-state index in [-0.39, 0.29) is 6.54 Å². The first kappa shape index (κ1) is 19.9. The van der Waals surface area contributed by atoms with Crippen molar-refractivity contribution in [3.8, 4) is 28.5 Å².